The number of fused-ring (bicyclic) bond motifs is 2. The van der Waals surface area contributed by atoms with Gasteiger partial charge in [0.15, 0.2) is 17.7 Å². The molecular weight excluding hydrogens is 426 g/mol. The molecule has 5 heterocycles. The van der Waals surface area contributed by atoms with Crippen molar-refractivity contribution >= 4 is 45.7 Å². The van der Waals surface area contributed by atoms with Gasteiger partial charge in [-0.1, -0.05) is 0 Å². The Bertz CT molecular complexity index is 1320. The molecule has 0 aromatic carbocycles. The monoisotopic (exact) mass is 445 g/mol. The third-order valence-corrected chi connectivity index (χ3v) is 6.19. The van der Waals surface area contributed by atoms with Crippen molar-refractivity contribution in [2.24, 2.45) is 0 Å². The lowest BCUT2D eigenvalue weighted by molar-refractivity contribution is -0.0289. The van der Waals surface area contributed by atoms with Gasteiger partial charge in [-0.2, -0.15) is 16.7 Å². The molecule has 4 aromatic rings. The first-order valence-corrected chi connectivity index (χ1v) is 10.5. The molecule has 5 rings (SSSR count). The van der Waals surface area contributed by atoms with Gasteiger partial charge in [0.05, 0.1) is 17.8 Å². The molecule has 0 spiro atoms. The van der Waals surface area contributed by atoms with Crippen molar-refractivity contribution in [3.8, 4) is 0 Å². The SMILES string of the molecule is Nc1nc2[nH]c(CSC[C@H]3O[C@@H](n4cnc5c(N)ncnc54)[C@H](O)[C@@H]3O)cc2c(=O)[nH]1. The van der Waals surface area contributed by atoms with Crippen LogP contribution in [0.25, 0.3) is 22.2 Å². The van der Waals surface area contributed by atoms with Gasteiger partial charge in [0.25, 0.3) is 5.56 Å². The minimum absolute atomic E-state index is 0.0418. The standard InChI is InChI=1S/C17H19N9O4S/c18-12-9-14(21-4-20-12)26(5-22-9)16-11(28)10(27)8(30-16)3-31-2-6-1-7-13(23-6)24-17(19)25-15(7)29/h1,4-5,8,10-11,16,27-28H,2-3H2,(H2,18,20,21)(H4,19,23,24,25,29)/t8-,10-,11-,16-/m1/s1. The lowest BCUT2D eigenvalue weighted by Crippen LogP contribution is -2.32. The largest absolute Gasteiger partial charge is 0.387 e. The molecule has 13 nitrogen and oxygen atoms in total. The Morgan fingerprint density at radius 1 is 1.19 bits per heavy atom. The molecule has 1 saturated heterocycles. The van der Waals surface area contributed by atoms with Gasteiger partial charge < -0.3 is 31.4 Å². The van der Waals surface area contributed by atoms with Crippen LogP contribution < -0.4 is 17.0 Å². The highest BCUT2D eigenvalue weighted by atomic mass is 32.2. The summed E-state index contributed by atoms with van der Waals surface area (Å²) in [6, 6.07) is 1.71. The molecule has 1 aliphatic heterocycles. The van der Waals surface area contributed by atoms with Crippen molar-refractivity contribution in [1.82, 2.24) is 34.5 Å². The number of anilines is 2. The summed E-state index contributed by atoms with van der Waals surface area (Å²) in [5.41, 5.74) is 13.1. The number of ether oxygens (including phenoxy) is 1. The van der Waals surface area contributed by atoms with E-state index in [-0.39, 0.29) is 17.3 Å². The molecule has 0 radical (unpaired) electrons. The number of aliphatic hydroxyl groups is 2. The fourth-order valence-electron chi connectivity index (χ4n) is 3.61. The van der Waals surface area contributed by atoms with Crippen molar-refractivity contribution in [2.45, 2.75) is 30.3 Å². The fraction of sp³-hybridized carbons (Fsp3) is 0.353. The van der Waals surface area contributed by atoms with E-state index in [0.717, 1.165) is 5.69 Å². The summed E-state index contributed by atoms with van der Waals surface area (Å²) in [4.78, 5) is 33.7. The number of nitrogens with two attached hydrogens (primary N) is 2. The molecule has 31 heavy (non-hydrogen) atoms. The van der Waals surface area contributed by atoms with Crippen LogP contribution in [0.4, 0.5) is 11.8 Å². The summed E-state index contributed by atoms with van der Waals surface area (Å²) >= 11 is 1.47. The smallest absolute Gasteiger partial charge is 0.261 e. The molecule has 0 aliphatic carbocycles. The van der Waals surface area contributed by atoms with Crippen molar-refractivity contribution in [3.63, 3.8) is 0 Å². The molecule has 162 valence electrons. The first kappa shape index (κ1) is 19.7. The summed E-state index contributed by atoms with van der Waals surface area (Å²) in [5, 5.41) is 21.4. The molecule has 0 bridgehead atoms. The Labute approximate surface area is 177 Å². The second-order valence-corrected chi connectivity index (χ2v) is 8.18. The fourth-order valence-corrected chi connectivity index (χ4v) is 4.61. The van der Waals surface area contributed by atoms with Crippen LogP contribution in [0.2, 0.25) is 0 Å². The van der Waals surface area contributed by atoms with Gasteiger partial charge in [0.2, 0.25) is 5.95 Å². The summed E-state index contributed by atoms with van der Waals surface area (Å²) in [6.45, 7) is 0. The second-order valence-electron chi connectivity index (χ2n) is 7.15. The van der Waals surface area contributed by atoms with Crippen molar-refractivity contribution in [1.29, 1.82) is 0 Å². The first-order valence-electron chi connectivity index (χ1n) is 9.32. The predicted molar refractivity (Wildman–Crippen MR) is 113 cm³/mol. The van der Waals surface area contributed by atoms with Gasteiger partial charge in [0.1, 0.15) is 29.7 Å². The molecule has 8 N–H and O–H groups in total. The van der Waals surface area contributed by atoms with Crippen LogP contribution in [0.1, 0.15) is 11.9 Å². The maximum Gasteiger partial charge on any atom is 0.261 e. The van der Waals surface area contributed by atoms with E-state index in [4.69, 9.17) is 16.2 Å². The van der Waals surface area contributed by atoms with E-state index < -0.39 is 24.5 Å². The van der Waals surface area contributed by atoms with Crippen molar-refractivity contribution in [3.05, 3.63) is 34.8 Å². The first-order chi connectivity index (χ1) is 14.9. The van der Waals surface area contributed by atoms with E-state index >= 15 is 0 Å². The summed E-state index contributed by atoms with van der Waals surface area (Å²) in [6.07, 6.45) is -0.998. The normalized spacial score (nSPS) is 23.8. The van der Waals surface area contributed by atoms with Crippen LogP contribution in [0.3, 0.4) is 0 Å². The molecule has 14 heteroatoms. The Balaban J connectivity index is 1.28. The van der Waals surface area contributed by atoms with E-state index in [2.05, 4.69) is 29.9 Å². The Kier molecular flexibility index (Phi) is 4.77. The maximum atomic E-state index is 11.9. The number of nitrogens with one attached hydrogen (secondary N) is 2. The van der Waals surface area contributed by atoms with E-state index in [0.29, 0.717) is 33.7 Å². The molecule has 1 fully saturated rings. The molecule has 0 saturated carbocycles. The number of aliphatic hydroxyl groups excluding tert-OH is 2. The number of thioether (sulfide) groups is 1. The molecule has 0 unspecified atom stereocenters. The van der Waals surface area contributed by atoms with Crippen LogP contribution in [0, 0.1) is 0 Å². The molecular formula is C17H19N9O4S. The van der Waals surface area contributed by atoms with Crippen LogP contribution in [0.15, 0.2) is 23.5 Å². The zero-order valence-corrected chi connectivity index (χ0v) is 16.8. The van der Waals surface area contributed by atoms with E-state index in [9.17, 15) is 15.0 Å². The molecule has 1 aliphatic rings. The highest BCUT2D eigenvalue weighted by Gasteiger charge is 2.44. The van der Waals surface area contributed by atoms with Gasteiger partial charge in [-0.25, -0.2) is 15.0 Å². The molecule has 4 aromatic heterocycles. The Hall–Kier alpha value is -3.20. The number of H-pyrrole nitrogens is 2. The van der Waals surface area contributed by atoms with E-state index in [1.807, 2.05) is 0 Å². The van der Waals surface area contributed by atoms with Gasteiger partial charge in [-0.15, -0.1) is 0 Å². The predicted octanol–water partition coefficient (Wildman–Crippen LogP) is -0.892. The molecule has 4 atom stereocenters. The maximum absolute atomic E-state index is 11.9. The van der Waals surface area contributed by atoms with Gasteiger partial charge in [-0.05, 0) is 6.07 Å². The summed E-state index contributed by atoms with van der Waals surface area (Å²) < 4.78 is 7.45. The number of nitrogen functional groups attached to an aromatic ring is 2. The highest BCUT2D eigenvalue weighted by molar-refractivity contribution is 7.98. The minimum atomic E-state index is -1.17. The van der Waals surface area contributed by atoms with Gasteiger partial charge in [0, 0.05) is 17.2 Å². The zero-order chi connectivity index (χ0) is 21.7. The third-order valence-electron chi connectivity index (χ3n) is 5.11. The average molecular weight is 445 g/mol. The van der Waals surface area contributed by atoms with Crippen LogP contribution >= 0.6 is 11.8 Å². The number of hydrogen-bond donors (Lipinski definition) is 6. The topological polar surface area (TPSA) is 207 Å². The summed E-state index contributed by atoms with van der Waals surface area (Å²) in [7, 11) is 0. The number of hydrogen-bond acceptors (Lipinski definition) is 11. The average Bonchev–Trinajstić information content (AvgIpc) is 3.41. The van der Waals surface area contributed by atoms with Crippen LogP contribution in [-0.2, 0) is 10.5 Å². The number of aromatic amines is 2. The minimum Gasteiger partial charge on any atom is -0.387 e. The van der Waals surface area contributed by atoms with Crippen LogP contribution in [0.5, 0.6) is 0 Å². The number of nitrogens with zero attached hydrogens (tertiary/aromatic N) is 5. The summed E-state index contributed by atoms with van der Waals surface area (Å²) in [5.74, 6) is 1.18. The second kappa shape index (κ2) is 7.49. The highest BCUT2D eigenvalue weighted by Crippen LogP contribution is 2.33. The zero-order valence-electron chi connectivity index (χ0n) is 16.0. The van der Waals surface area contributed by atoms with Crippen molar-refractivity contribution in [2.75, 3.05) is 17.2 Å². The van der Waals surface area contributed by atoms with E-state index in [1.165, 1.54) is 29.0 Å². The quantitative estimate of drug-likeness (QED) is 0.222. The van der Waals surface area contributed by atoms with Crippen LogP contribution in [-0.4, -0.2) is 68.7 Å². The third kappa shape index (κ3) is 3.38. The molecule has 0 amide bonds. The van der Waals surface area contributed by atoms with E-state index in [1.54, 1.807) is 6.07 Å². The Morgan fingerprint density at radius 2 is 2.03 bits per heavy atom. The van der Waals surface area contributed by atoms with Crippen molar-refractivity contribution < 1.29 is 14.9 Å². The van der Waals surface area contributed by atoms with Gasteiger partial charge in [-0.3, -0.25) is 14.3 Å². The van der Waals surface area contributed by atoms with Gasteiger partial charge >= 0.3 is 0 Å². The number of imidazole rings is 1. The lowest BCUT2D eigenvalue weighted by Gasteiger charge is -2.16. The lowest BCUT2D eigenvalue weighted by atomic mass is 10.1. The Morgan fingerprint density at radius 3 is 2.87 bits per heavy atom. The number of aromatic nitrogens is 7. The number of rotatable bonds is 5.